The van der Waals surface area contributed by atoms with Gasteiger partial charge in [-0.2, -0.15) is 5.26 Å². The molecule has 0 unspecified atom stereocenters. The van der Waals surface area contributed by atoms with Crippen molar-refractivity contribution in [2.45, 2.75) is 12.1 Å². The summed E-state index contributed by atoms with van der Waals surface area (Å²) in [5, 5.41) is 8.44. The third-order valence-electron chi connectivity index (χ3n) is 3.80. The number of nitrogens with zero attached hydrogens (tertiary/aromatic N) is 2. The highest BCUT2D eigenvalue weighted by atomic mass is 17.2. The summed E-state index contributed by atoms with van der Waals surface area (Å²) in [5.74, 6) is 0. The molecule has 0 spiro atoms. The summed E-state index contributed by atoms with van der Waals surface area (Å²) in [6, 6.07) is 23.0. The van der Waals surface area contributed by atoms with Crippen molar-refractivity contribution in [2.75, 3.05) is 19.7 Å². The Bertz CT molecular complexity index is 579. The van der Waals surface area contributed by atoms with Crippen LogP contribution in [0.3, 0.4) is 0 Å². The minimum absolute atomic E-state index is 0.0305. The van der Waals surface area contributed by atoms with Crippen LogP contribution in [0.4, 0.5) is 0 Å². The Kier molecular flexibility index (Phi) is 4.81. The highest BCUT2D eigenvalue weighted by molar-refractivity contribution is 5.32. The van der Waals surface area contributed by atoms with Crippen LogP contribution in [0.25, 0.3) is 0 Å². The minimum Gasteiger partial charge on any atom is -0.287 e. The number of likely N-dealkylation sites (tertiary alicyclic amines) is 1. The Labute approximate surface area is 130 Å². The number of benzene rings is 2. The zero-order valence-electron chi connectivity index (χ0n) is 12.3. The van der Waals surface area contributed by atoms with Crippen LogP contribution in [0, 0.1) is 11.3 Å². The molecule has 1 fully saturated rings. The lowest BCUT2D eigenvalue weighted by Crippen LogP contribution is -2.53. The Balaban J connectivity index is 1.71. The van der Waals surface area contributed by atoms with Crippen molar-refractivity contribution in [3.8, 4) is 6.07 Å². The third kappa shape index (κ3) is 3.34. The van der Waals surface area contributed by atoms with Gasteiger partial charge in [-0.1, -0.05) is 60.7 Å². The smallest absolute Gasteiger partial charge is 0.168 e. The predicted octanol–water partition coefficient (Wildman–Crippen LogP) is 2.93. The van der Waals surface area contributed by atoms with E-state index >= 15 is 0 Å². The van der Waals surface area contributed by atoms with Crippen LogP contribution < -0.4 is 0 Å². The van der Waals surface area contributed by atoms with Crippen molar-refractivity contribution in [1.82, 2.24) is 4.90 Å². The molecule has 4 nitrogen and oxygen atoms in total. The number of rotatable bonds is 6. The van der Waals surface area contributed by atoms with Gasteiger partial charge in [0.25, 0.3) is 0 Å². The SMILES string of the molecule is N#CCOOC1CN(C(c2ccccc2)c2ccccc2)C1. The molecule has 4 heteroatoms. The molecule has 0 radical (unpaired) electrons. The Morgan fingerprint density at radius 2 is 1.55 bits per heavy atom. The lowest BCUT2D eigenvalue weighted by Gasteiger charge is -2.43. The molecule has 0 aromatic heterocycles. The minimum atomic E-state index is -0.0305. The Morgan fingerprint density at radius 3 is 2.05 bits per heavy atom. The van der Waals surface area contributed by atoms with E-state index in [0.29, 0.717) is 0 Å². The highest BCUT2D eigenvalue weighted by Crippen LogP contribution is 2.32. The summed E-state index contributed by atoms with van der Waals surface area (Å²) in [6.07, 6.45) is 0.0308. The van der Waals surface area contributed by atoms with Crippen molar-refractivity contribution in [3.63, 3.8) is 0 Å². The second-order valence-corrected chi connectivity index (χ2v) is 5.32. The first kappa shape index (κ1) is 14.7. The van der Waals surface area contributed by atoms with Crippen LogP contribution in [0.15, 0.2) is 60.7 Å². The van der Waals surface area contributed by atoms with E-state index < -0.39 is 0 Å². The van der Waals surface area contributed by atoms with Crippen molar-refractivity contribution >= 4 is 0 Å². The lowest BCUT2D eigenvalue weighted by molar-refractivity contribution is -0.337. The normalized spacial score (nSPS) is 15.5. The van der Waals surface area contributed by atoms with Gasteiger partial charge in [-0.3, -0.25) is 4.90 Å². The summed E-state index contributed by atoms with van der Waals surface area (Å²) >= 11 is 0. The van der Waals surface area contributed by atoms with Gasteiger partial charge in [0.2, 0.25) is 0 Å². The van der Waals surface area contributed by atoms with Gasteiger partial charge < -0.3 is 0 Å². The molecule has 0 aliphatic carbocycles. The molecule has 1 saturated heterocycles. The number of nitriles is 1. The molecule has 0 N–H and O–H groups in total. The average Bonchev–Trinajstić information content (AvgIpc) is 2.54. The summed E-state index contributed by atoms with van der Waals surface area (Å²) in [6.45, 7) is 1.55. The third-order valence-corrected chi connectivity index (χ3v) is 3.80. The van der Waals surface area contributed by atoms with Crippen molar-refractivity contribution < 1.29 is 9.78 Å². The number of hydrogen-bond acceptors (Lipinski definition) is 4. The first-order valence-corrected chi connectivity index (χ1v) is 7.37. The molecular formula is C18H18N2O2. The second kappa shape index (κ2) is 7.19. The molecule has 22 heavy (non-hydrogen) atoms. The zero-order valence-corrected chi connectivity index (χ0v) is 12.3. The van der Waals surface area contributed by atoms with Gasteiger partial charge in [0.05, 0.1) is 12.1 Å². The van der Waals surface area contributed by atoms with Gasteiger partial charge in [0.15, 0.2) is 6.61 Å². The van der Waals surface area contributed by atoms with Crippen LogP contribution in [0.5, 0.6) is 0 Å². The van der Waals surface area contributed by atoms with Crippen molar-refractivity contribution in [3.05, 3.63) is 71.8 Å². The summed E-state index contributed by atoms with van der Waals surface area (Å²) in [7, 11) is 0. The monoisotopic (exact) mass is 294 g/mol. The van der Waals surface area contributed by atoms with Gasteiger partial charge in [-0.25, -0.2) is 9.78 Å². The average molecular weight is 294 g/mol. The van der Waals surface area contributed by atoms with Crippen LogP contribution in [0.2, 0.25) is 0 Å². The first-order valence-electron chi connectivity index (χ1n) is 7.37. The fraction of sp³-hybridized carbons (Fsp3) is 0.278. The molecule has 1 aliphatic heterocycles. The summed E-state index contributed by atoms with van der Waals surface area (Å²) in [5.41, 5.74) is 2.54. The quantitative estimate of drug-likeness (QED) is 0.467. The van der Waals surface area contributed by atoms with E-state index in [2.05, 4.69) is 53.4 Å². The van der Waals surface area contributed by atoms with E-state index in [1.165, 1.54) is 11.1 Å². The maximum Gasteiger partial charge on any atom is 0.168 e. The van der Waals surface area contributed by atoms with E-state index in [1.807, 2.05) is 18.2 Å². The molecule has 0 saturated carbocycles. The van der Waals surface area contributed by atoms with Crippen molar-refractivity contribution in [1.29, 1.82) is 5.26 Å². The lowest BCUT2D eigenvalue weighted by atomic mass is 9.94. The van der Waals surface area contributed by atoms with Crippen LogP contribution >= 0.6 is 0 Å². The standard InChI is InChI=1S/C18H18N2O2/c19-11-12-21-22-17-13-20(14-17)18(15-7-3-1-4-8-15)16-9-5-2-6-10-16/h1-10,17-18H,12-14H2. The van der Waals surface area contributed by atoms with Gasteiger partial charge in [-0.15, -0.1) is 0 Å². The summed E-state index contributed by atoms with van der Waals surface area (Å²) < 4.78 is 0. The molecule has 0 amide bonds. The molecule has 112 valence electrons. The molecule has 1 heterocycles. The maximum absolute atomic E-state index is 8.44. The van der Waals surface area contributed by atoms with Gasteiger partial charge >= 0.3 is 0 Å². The second-order valence-electron chi connectivity index (χ2n) is 5.32. The van der Waals surface area contributed by atoms with E-state index in [4.69, 9.17) is 15.0 Å². The maximum atomic E-state index is 8.44. The largest absolute Gasteiger partial charge is 0.287 e. The molecule has 0 atom stereocenters. The van der Waals surface area contributed by atoms with Crippen LogP contribution in [-0.4, -0.2) is 30.7 Å². The van der Waals surface area contributed by atoms with Gasteiger partial charge in [0.1, 0.15) is 6.10 Å². The van der Waals surface area contributed by atoms with Gasteiger partial charge in [-0.05, 0) is 11.1 Å². The Morgan fingerprint density at radius 1 is 1.00 bits per heavy atom. The van der Waals surface area contributed by atoms with E-state index in [0.717, 1.165) is 13.1 Å². The molecule has 0 bridgehead atoms. The summed E-state index contributed by atoms with van der Waals surface area (Å²) in [4.78, 5) is 12.4. The zero-order chi connectivity index (χ0) is 15.2. The molecular weight excluding hydrogens is 276 g/mol. The van der Waals surface area contributed by atoms with Gasteiger partial charge in [0, 0.05) is 13.1 Å². The molecule has 2 aromatic rings. The van der Waals surface area contributed by atoms with Crippen LogP contribution in [-0.2, 0) is 9.78 Å². The Hall–Kier alpha value is -2.19. The molecule has 3 rings (SSSR count). The van der Waals surface area contributed by atoms with E-state index in [-0.39, 0.29) is 18.8 Å². The van der Waals surface area contributed by atoms with Crippen LogP contribution in [0.1, 0.15) is 17.2 Å². The number of hydrogen-bond donors (Lipinski definition) is 0. The highest BCUT2D eigenvalue weighted by Gasteiger charge is 2.35. The molecule has 1 aliphatic rings. The topological polar surface area (TPSA) is 45.5 Å². The van der Waals surface area contributed by atoms with Crippen molar-refractivity contribution in [2.24, 2.45) is 0 Å². The first-order chi connectivity index (χ1) is 10.9. The van der Waals surface area contributed by atoms with E-state index in [1.54, 1.807) is 0 Å². The van der Waals surface area contributed by atoms with E-state index in [9.17, 15) is 0 Å². The fourth-order valence-electron chi connectivity index (χ4n) is 2.78. The fourth-order valence-corrected chi connectivity index (χ4v) is 2.78. The molecule has 2 aromatic carbocycles. The predicted molar refractivity (Wildman–Crippen MR) is 82.7 cm³/mol.